The number of aryl methyl sites for hydroxylation is 2. The van der Waals surface area contributed by atoms with E-state index in [1.807, 2.05) is 49.4 Å². The number of imidazole rings is 1. The van der Waals surface area contributed by atoms with Crippen molar-refractivity contribution < 1.29 is 13.2 Å². The van der Waals surface area contributed by atoms with Gasteiger partial charge in [0.1, 0.15) is 11.6 Å². The molecule has 0 atom stereocenters. The SMILES string of the molecule is Cc1cc(OCCCn2c(CN(C)S(=O)(=O)c3ccccc3)nc3ccccc32)ccc1Cl. The lowest BCUT2D eigenvalue weighted by Crippen LogP contribution is -2.28. The molecule has 8 heteroatoms. The third kappa shape index (κ3) is 5.21. The van der Waals surface area contributed by atoms with Gasteiger partial charge < -0.3 is 9.30 Å². The molecule has 0 aliphatic carbocycles. The molecule has 0 spiro atoms. The summed E-state index contributed by atoms with van der Waals surface area (Å²) in [4.78, 5) is 4.98. The van der Waals surface area contributed by atoms with Crippen molar-refractivity contribution in [1.82, 2.24) is 13.9 Å². The van der Waals surface area contributed by atoms with Crippen LogP contribution in [0.4, 0.5) is 0 Å². The average Bonchev–Trinajstić information content (AvgIpc) is 3.16. The second-order valence-corrected chi connectivity index (χ2v) is 10.3. The molecular formula is C25H26ClN3O3S. The van der Waals surface area contributed by atoms with Gasteiger partial charge in [-0.2, -0.15) is 4.31 Å². The highest BCUT2D eigenvalue weighted by Crippen LogP contribution is 2.23. The molecule has 0 bridgehead atoms. The summed E-state index contributed by atoms with van der Waals surface area (Å²) in [5, 5.41) is 0.714. The highest BCUT2D eigenvalue weighted by molar-refractivity contribution is 7.89. The first-order valence-electron chi connectivity index (χ1n) is 10.7. The van der Waals surface area contributed by atoms with E-state index in [2.05, 4.69) is 4.57 Å². The minimum Gasteiger partial charge on any atom is -0.494 e. The summed E-state index contributed by atoms with van der Waals surface area (Å²) in [6, 6.07) is 21.9. The Kier molecular flexibility index (Phi) is 7.02. The fraction of sp³-hybridized carbons (Fsp3) is 0.240. The molecule has 4 rings (SSSR count). The average molecular weight is 484 g/mol. The number of benzene rings is 3. The number of aromatic nitrogens is 2. The van der Waals surface area contributed by atoms with Crippen molar-refractivity contribution in [3.63, 3.8) is 0 Å². The topological polar surface area (TPSA) is 64.4 Å². The van der Waals surface area contributed by atoms with Crippen LogP contribution in [-0.2, 0) is 23.1 Å². The first-order valence-corrected chi connectivity index (χ1v) is 12.5. The lowest BCUT2D eigenvalue weighted by atomic mass is 10.2. The van der Waals surface area contributed by atoms with Crippen LogP contribution in [0.15, 0.2) is 77.7 Å². The molecule has 0 fully saturated rings. The van der Waals surface area contributed by atoms with Crippen LogP contribution in [0, 0.1) is 6.92 Å². The Morgan fingerprint density at radius 2 is 1.76 bits per heavy atom. The predicted molar refractivity (Wildman–Crippen MR) is 131 cm³/mol. The Balaban J connectivity index is 1.50. The van der Waals surface area contributed by atoms with Gasteiger partial charge in [0, 0.05) is 18.6 Å². The summed E-state index contributed by atoms with van der Waals surface area (Å²) in [7, 11) is -2.03. The molecule has 0 saturated carbocycles. The van der Waals surface area contributed by atoms with Crippen molar-refractivity contribution >= 4 is 32.7 Å². The van der Waals surface area contributed by atoms with E-state index in [0.29, 0.717) is 24.0 Å². The van der Waals surface area contributed by atoms with Crippen LogP contribution < -0.4 is 4.74 Å². The predicted octanol–water partition coefficient (Wildman–Crippen LogP) is 5.29. The van der Waals surface area contributed by atoms with E-state index in [9.17, 15) is 8.42 Å². The van der Waals surface area contributed by atoms with Crippen LogP contribution >= 0.6 is 11.6 Å². The normalized spacial score (nSPS) is 11.9. The highest BCUT2D eigenvalue weighted by atomic mass is 35.5. The molecule has 1 aromatic heterocycles. The highest BCUT2D eigenvalue weighted by Gasteiger charge is 2.23. The van der Waals surface area contributed by atoms with E-state index in [4.69, 9.17) is 21.3 Å². The fourth-order valence-corrected chi connectivity index (χ4v) is 4.94. The summed E-state index contributed by atoms with van der Waals surface area (Å²) in [5.74, 6) is 1.47. The van der Waals surface area contributed by atoms with Gasteiger partial charge in [0.2, 0.25) is 10.0 Å². The lowest BCUT2D eigenvalue weighted by Gasteiger charge is -2.18. The van der Waals surface area contributed by atoms with Crippen molar-refractivity contribution in [2.75, 3.05) is 13.7 Å². The second kappa shape index (κ2) is 9.95. The molecule has 1 heterocycles. The third-order valence-electron chi connectivity index (χ3n) is 5.47. The zero-order valence-corrected chi connectivity index (χ0v) is 20.2. The minimum atomic E-state index is -3.62. The Morgan fingerprint density at radius 1 is 1.03 bits per heavy atom. The molecule has 0 amide bonds. The first-order chi connectivity index (χ1) is 15.9. The Hall–Kier alpha value is -2.87. The zero-order valence-electron chi connectivity index (χ0n) is 18.6. The molecular weight excluding hydrogens is 458 g/mol. The van der Waals surface area contributed by atoms with Crippen molar-refractivity contribution in [1.29, 1.82) is 0 Å². The van der Waals surface area contributed by atoms with Gasteiger partial charge in [0.25, 0.3) is 0 Å². The van der Waals surface area contributed by atoms with Gasteiger partial charge in [-0.3, -0.25) is 0 Å². The molecule has 0 N–H and O–H groups in total. The number of fused-ring (bicyclic) bond motifs is 1. The fourth-order valence-electron chi connectivity index (χ4n) is 3.67. The van der Waals surface area contributed by atoms with Crippen LogP contribution in [0.2, 0.25) is 5.02 Å². The molecule has 0 saturated heterocycles. The molecule has 6 nitrogen and oxygen atoms in total. The lowest BCUT2D eigenvalue weighted by molar-refractivity contribution is 0.300. The largest absolute Gasteiger partial charge is 0.494 e. The second-order valence-electron chi connectivity index (χ2n) is 7.86. The van der Waals surface area contributed by atoms with E-state index in [-0.39, 0.29) is 11.4 Å². The van der Waals surface area contributed by atoms with Crippen LogP contribution in [0.1, 0.15) is 17.8 Å². The Labute approximate surface area is 199 Å². The standard InChI is InChI=1S/C25H26ClN3O3S/c1-19-17-20(13-14-22(19)26)32-16-8-15-29-24-12-7-6-11-23(24)27-25(29)18-28(2)33(30,31)21-9-4-3-5-10-21/h3-7,9-14,17H,8,15-16,18H2,1-2H3. The van der Waals surface area contributed by atoms with Gasteiger partial charge in [0.15, 0.2) is 0 Å². The van der Waals surface area contributed by atoms with Gasteiger partial charge >= 0.3 is 0 Å². The number of halogens is 1. The number of nitrogens with zero attached hydrogens (tertiary/aromatic N) is 3. The van der Waals surface area contributed by atoms with Crippen LogP contribution in [0.5, 0.6) is 5.75 Å². The molecule has 0 unspecified atom stereocenters. The maximum absolute atomic E-state index is 13.0. The first kappa shape index (κ1) is 23.3. The summed E-state index contributed by atoms with van der Waals surface area (Å²) in [5.41, 5.74) is 2.78. The Bertz CT molecular complexity index is 1350. The smallest absolute Gasteiger partial charge is 0.243 e. The monoisotopic (exact) mass is 483 g/mol. The molecule has 0 aliphatic rings. The van der Waals surface area contributed by atoms with Gasteiger partial charge in [-0.1, -0.05) is 41.9 Å². The molecule has 33 heavy (non-hydrogen) atoms. The van der Waals surface area contributed by atoms with Crippen molar-refractivity contribution in [2.24, 2.45) is 0 Å². The number of para-hydroxylation sites is 2. The van der Waals surface area contributed by atoms with E-state index in [0.717, 1.165) is 28.8 Å². The minimum absolute atomic E-state index is 0.170. The van der Waals surface area contributed by atoms with Crippen LogP contribution in [0.3, 0.4) is 0 Å². The van der Waals surface area contributed by atoms with E-state index >= 15 is 0 Å². The number of hydrogen-bond acceptors (Lipinski definition) is 4. The maximum atomic E-state index is 13.0. The van der Waals surface area contributed by atoms with Crippen molar-refractivity contribution in [3.05, 3.63) is 89.2 Å². The summed E-state index contributed by atoms with van der Waals surface area (Å²) >= 11 is 6.08. The number of ether oxygens (including phenoxy) is 1. The molecule has 3 aromatic carbocycles. The van der Waals surface area contributed by atoms with E-state index < -0.39 is 10.0 Å². The van der Waals surface area contributed by atoms with Gasteiger partial charge in [-0.15, -0.1) is 0 Å². The van der Waals surface area contributed by atoms with Gasteiger partial charge in [-0.25, -0.2) is 13.4 Å². The van der Waals surface area contributed by atoms with Crippen molar-refractivity contribution in [2.45, 2.75) is 31.3 Å². The third-order valence-corrected chi connectivity index (χ3v) is 7.71. The van der Waals surface area contributed by atoms with E-state index in [1.165, 1.54) is 4.31 Å². The molecule has 0 radical (unpaired) electrons. The summed E-state index contributed by atoms with van der Waals surface area (Å²) in [6.07, 6.45) is 0.740. The maximum Gasteiger partial charge on any atom is 0.243 e. The Morgan fingerprint density at radius 3 is 2.52 bits per heavy atom. The zero-order chi connectivity index (χ0) is 23.4. The number of rotatable bonds is 9. The van der Waals surface area contributed by atoms with Crippen LogP contribution in [0.25, 0.3) is 11.0 Å². The van der Waals surface area contributed by atoms with Crippen LogP contribution in [-0.4, -0.2) is 35.9 Å². The number of sulfonamides is 1. The number of hydrogen-bond donors (Lipinski definition) is 0. The van der Waals surface area contributed by atoms with E-state index in [1.54, 1.807) is 37.4 Å². The molecule has 0 aliphatic heterocycles. The quantitative estimate of drug-likeness (QED) is 0.303. The summed E-state index contributed by atoms with van der Waals surface area (Å²) < 4.78 is 35.3. The molecule has 4 aromatic rings. The van der Waals surface area contributed by atoms with Crippen molar-refractivity contribution in [3.8, 4) is 5.75 Å². The van der Waals surface area contributed by atoms with Gasteiger partial charge in [-0.05, 0) is 61.4 Å². The van der Waals surface area contributed by atoms with Gasteiger partial charge in [0.05, 0.1) is 29.1 Å². The molecule has 172 valence electrons. The summed E-state index contributed by atoms with van der Waals surface area (Å²) in [6.45, 7) is 3.29.